The molecule has 7 heteroatoms. The van der Waals surface area contributed by atoms with E-state index in [9.17, 15) is 14.7 Å². The van der Waals surface area contributed by atoms with E-state index in [1.165, 1.54) is 0 Å². The Morgan fingerprint density at radius 1 is 1.45 bits per heavy atom. The second kappa shape index (κ2) is 8.36. The summed E-state index contributed by atoms with van der Waals surface area (Å²) in [5.74, 6) is -0.695. The molecule has 2 amide bonds. The summed E-state index contributed by atoms with van der Waals surface area (Å²) in [4.78, 5) is 25.1. The summed E-state index contributed by atoms with van der Waals surface area (Å²) in [6.07, 6.45) is 2.85. The van der Waals surface area contributed by atoms with Gasteiger partial charge in [0.15, 0.2) is 0 Å². The Balaban J connectivity index is 2.69. The van der Waals surface area contributed by atoms with Crippen molar-refractivity contribution in [3.8, 4) is 0 Å². The Kier molecular flexibility index (Phi) is 7.15. The normalized spacial score (nSPS) is 23.4. The minimum absolute atomic E-state index is 0.108. The van der Waals surface area contributed by atoms with Gasteiger partial charge in [-0.1, -0.05) is 6.92 Å². The summed E-state index contributed by atoms with van der Waals surface area (Å²) < 4.78 is 5.24. The fourth-order valence-corrected chi connectivity index (χ4v) is 3.06. The number of urea groups is 1. The van der Waals surface area contributed by atoms with Gasteiger partial charge in [-0.25, -0.2) is 4.79 Å². The molecule has 0 bridgehead atoms. The highest BCUT2D eigenvalue weighted by Crippen LogP contribution is 2.20. The average molecular weight is 304 g/mol. The van der Waals surface area contributed by atoms with Crippen molar-refractivity contribution in [3.63, 3.8) is 0 Å². The van der Waals surface area contributed by atoms with Gasteiger partial charge in [0.05, 0.1) is 19.3 Å². The molecule has 0 aliphatic carbocycles. The van der Waals surface area contributed by atoms with E-state index in [4.69, 9.17) is 4.74 Å². The van der Waals surface area contributed by atoms with Crippen LogP contribution in [0.5, 0.6) is 0 Å². The molecule has 20 heavy (non-hydrogen) atoms. The smallest absolute Gasteiger partial charge is 0.317 e. The number of aliphatic carboxylic acids is 1. The lowest BCUT2D eigenvalue weighted by atomic mass is 10.0. The van der Waals surface area contributed by atoms with Gasteiger partial charge >= 0.3 is 12.0 Å². The number of hydrogen-bond donors (Lipinski definition) is 2. The Morgan fingerprint density at radius 3 is 2.65 bits per heavy atom. The third kappa shape index (κ3) is 4.28. The van der Waals surface area contributed by atoms with Crippen LogP contribution >= 0.6 is 11.8 Å². The molecule has 3 atom stereocenters. The molecule has 0 aromatic heterocycles. The number of thioether (sulfide) groups is 1. The number of carboxylic acids is 1. The van der Waals surface area contributed by atoms with Gasteiger partial charge in [-0.05, 0) is 19.6 Å². The van der Waals surface area contributed by atoms with Crippen LogP contribution in [0.1, 0.15) is 20.3 Å². The van der Waals surface area contributed by atoms with E-state index in [2.05, 4.69) is 5.32 Å². The first-order valence-corrected chi connectivity index (χ1v) is 8.31. The highest BCUT2D eigenvalue weighted by atomic mass is 32.2. The zero-order chi connectivity index (χ0) is 15.1. The fraction of sp³-hybridized carbons (Fsp3) is 0.846. The van der Waals surface area contributed by atoms with Gasteiger partial charge in [0.1, 0.15) is 5.92 Å². The van der Waals surface area contributed by atoms with Crippen molar-refractivity contribution in [3.05, 3.63) is 0 Å². The second-order valence-corrected chi connectivity index (χ2v) is 5.76. The molecule has 0 aromatic rings. The molecule has 0 radical (unpaired) electrons. The highest BCUT2D eigenvalue weighted by Gasteiger charge is 2.39. The van der Waals surface area contributed by atoms with Gasteiger partial charge in [-0.2, -0.15) is 11.8 Å². The van der Waals surface area contributed by atoms with Crippen LogP contribution in [0.2, 0.25) is 0 Å². The molecule has 1 aliphatic heterocycles. The lowest BCUT2D eigenvalue weighted by Gasteiger charge is -2.31. The fourth-order valence-electron chi connectivity index (χ4n) is 2.34. The number of nitrogens with one attached hydrogen (secondary N) is 1. The number of carboxylic acid groups (broad SMARTS) is 1. The van der Waals surface area contributed by atoms with Gasteiger partial charge in [-0.3, -0.25) is 4.79 Å². The van der Waals surface area contributed by atoms with Crippen LogP contribution in [0.25, 0.3) is 0 Å². The van der Waals surface area contributed by atoms with Crippen molar-refractivity contribution >= 4 is 23.8 Å². The topological polar surface area (TPSA) is 78.9 Å². The molecule has 3 unspecified atom stereocenters. The highest BCUT2D eigenvalue weighted by molar-refractivity contribution is 7.98. The number of rotatable bonds is 7. The molecule has 1 fully saturated rings. The van der Waals surface area contributed by atoms with E-state index in [1.54, 1.807) is 16.7 Å². The van der Waals surface area contributed by atoms with Crippen LogP contribution in [-0.2, 0) is 9.53 Å². The zero-order valence-electron chi connectivity index (χ0n) is 12.3. The van der Waals surface area contributed by atoms with Crippen LogP contribution in [0.4, 0.5) is 4.79 Å². The number of hydrogen-bond acceptors (Lipinski definition) is 4. The van der Waals surface area contributed by atoms with Crippen LogP contribution in [0, 0.1) is 5.92 Å². The number of amides is 2. The molecular formula is C13H24N2O4S. The SMILES string of the molecule is CCC(CSC)NC(=O)N(CC)C1COCC1C(=O)O. The summed E-state index contributed by atoms with van der Waals surface area (Å²) in [5, 5.41) is 12.2. The van der Waals surface area contributed by atoms with Gasteiger partial charge < -0.3 is 20.1 Å². The number of carbonyl (C=O) groups is 2. The van der Waals surface area contributed by atoms with Crippen molar-refractivity contribution < 1.29 is 19.4 Å². The molecule has 0 spiro atoms. The minimum Gasteiger partial charge on any atom is -0.481 e. The maximum absolute atomic E-state index is 12.3. The lowest BCUT2D eigenvalue weighted by molar-refractivity contribution is -0.142. The molecular weight excluding hydrogens is 280 g/mol. The average Bonchev–Trinajstić information content (AvgIpc) is 2.88. The van der Waals surface area contributed by atoms with Gasteiger partial charge in [-0.15, -0.1) is 0 Å². The first kappa shape index (κ1) is 17.1. The standard InChI is InChI=1S/C13H24N2O4S/c1-4-9(8-20-3)14-13(18)15(5-2)11-7-19-6-10(11)12(16)17/h9-11H,4-8H2,1-3H3,(H,14,18)(H,16,17). The van der Waals surface area contributed by atoms with Crippen molar-refractivity contribution in [2.45, 2.75) is 32.4 Å². The zero-order valence-corrected chi connectivity index (χ0v) is 13.1. The first-order valence-electron chi connectivity index (χ1n) is 6.91. The summed E-state index contributed by atoms with van der Waals surface area (Å²) in [6, 6.07) is -0.475. The van der Waals surface area contributed by atoms with Gasteiger partial charge in [0, 0.05) is 18.3 Å². The van der Waals surface area contributed by atoms with Crippen molar-refractivity contribution in [2.24, 2.45) is 5.92 Å². The van der Waals surface area contributed by atoms with Crippen molar-refractivity contribution in [1.29, 1.82) is 0 Å². The minimum atomic E-state index is -0.907. The second-order valence-electron chi connectivity index (χ2n) is 4.85. The summed E-state index contributed by atoms with van der Waals surface area (Å²) in [6.45, 7) is 4.81. The molecule has 1 saturated heterocycles. The van der Waals surface area contributed by atoms with E-state index >= 15 is 0 Å². The Morgan fingerprint density at radius 2 is 2.15 bits per heavy atom. The third-order valence-electron chi connectivity index (χ3n) is 3.56. The summed E-state index contributed by atoms with van der Waals surface area (Å²) in [5.41, 5.74) is 0. The summed E-state index contributed by atoms with van der Waals surface area (Å²) >= 11 is 1.68. The van der Waals surface area contributed by atoms with Gasteiger partial charge in [0.25, 0.3) is 0 Å². The van der Waals surface area contributed by atoms with E-state index in [0.717, 1.165) is 12.2 Å². The molecule has 1 rings (SSSR count). The lowest BCUT2D eigenvalue weighted by Crippen LogP contribution is -2.53. The van der Waals surface area contributed by atoms with Crippen LogP contribution in [0.3, 0.4) is 0 Å². The Labute approximate surface area is 124 Å². The molecule has 116 valence electrons. The van der Waals surface area contributed by atoms with Crippen LogP contribution in [0.15, 0.2) is 0 Å². The molecule has 2 N–H and O–H groups in total. The predicted molar refractivity (Wildman–Crippen MR) is 79.1 cm³/mol. The van der Waals surface area contributed by atoms with Crippen molar-refractivity contribution in [2.75, 3.05) is 31.8 Å². The third-order valence-corrected chi connectivity index (χ3v) is 4.29. The quantitative estimate of drug-likeness (QED) is 0.740. The molecule has 1 heterocycles. The number of carbonyl (C=O) groups excluding carboxylic acids is 1. The Bertz CT molecular complexity index is 340. The van der Waals surface area contributed by atoms with Crippen molar-refractivity contribution in [1.82, 2.24) is 10.2 Å². The largest absolute Gasteiger partial charge is 0.481 e. The number of ether oxygens (including phenoxy) is 1. The van der Waals surface area contributed by atoms with Crippen LogP contribution in [-0.4, -0.2) is 65.9 Å². The maximum Gasteiger partial charge on any atom is 0.317 e. The maximum atomic E-state index is 12.3. The molecule has 1 aliphatic rings. The summed E-state index contributed by atoms with van der Waals surface area (Å²) in [7, 11) is 0. The Hall–Kier alpha value is -0.950. The van der Waals surface area contributed by atoms with E-state index in [1.807, 2.05) is 20.1 Å². The molecule has 0 aromatic carbocycles. The predicted octanol–water partition coefficient (Wildman–Crippen LogP) is 1.26. The first-order chi connectivity index (χ1) is 9.54. The van der Waals surface area contributed by atoms with E-state index < -0.39 is 11.9 Å². The molecule has 0 saturated carbocycles. The van der Waals surface area contributed by atoms with Crippen LogP contribution < -0.4 is 5.32 Å². The van der Waals surface area contributed by atoms with E-state index in [0.29, 0.717) is 6.54 Å². The molecule has 6 nitrogen and oxygen atoms in total. The number of likely N-dealkylation sites (N-methyl/N-ethyl adjacent to an activating group) is 1. The monoisotopic (exact) mass is 304 g/mol. The van der Waals surface area contributed by atoms with E-state index in [-0.39, 0.29) is 31.3 Å². The number of nitrogens with zero attached hydrogens (tertiary/aromatic N) is 1. The van der Waals surface area contributed by atoms with Gasteiger partial charge in [0.2, 0.25) is 0 Å².